The lowest BCUT2D eigenvalue weighted by atomic mass is 10.2. The maximum atomic E-state index is 5.09. The van der Waals surface area contributed by atoms with Crippen molar-refractivity contribution in [3.05, 3.63) is 34.7 Å². The Hall–Kier alpha value is -0.860. The van der Waals surface area contributed by atoms with Gasteiger partial charge in [0.15, 0.2) is 0 Å². The molecule has 0 bridgehead atoms. The number of benzene rings is 1. The third-order valence-electron chi connectivity index (χ3n) is 2.02. The molecule has 0 atom stereocenters. The Kier molecular flexibility index (Phi) is 2.34. The van der Waals surface area contributed by atoms with Crippen LogP contribution in [0.1, 0.15) is 10.4 Å². The van der Waals surface area contributed by atoms with Crippen LogP contribution in [0.25, 0.3) is 10.1 Å². The number of methoxy groups -OCH3 is 1. The quantitative estimate of drug-likeness (QED) is 0.709. The van der Waals surface area contributed by atoms with E-state index >= 15 is 0 Å². The van der Waals surface area contributed by atoms with Crippen molar-refractivity contribution in [2.75, 3.05) is 7.11 Å². The third kappa shape index (κ3) is 1.74. The van der Waals surface area contributed by atoms with Gasteiger partial charge in [0.05, 0.1) is 6.61 Å². The van der Waals surface area contributed by atoms with Crippen LogP contribution in [0.2, 0.25) is 0 Å². The Labute approximate surface area is 82.0 Å². The number of fused-ring (bicyclic) bond motifs is 1. The summed E-state index contributed by atoms with van der Waals surface area (Å²) in [5.41, 5.74) is 1.25. The summed E-state index contributed by atoms with van der Waals surface area (Å²) < 4.78 is 6.44. The molecule has 0 aliphatic heterocycles. The molecule has 68 valence electrons. The van der Waals surface area contributed by atoms with Crippen LogP contribution in [-0.4, -0.2) is 7.11 Å². The topological polar surface area (TPSA) is 9.23 Å². The number of thiophene rings is 1. The van der Waals surface area contributed by atoms with Crippen molar-refractivity contribution in [2.24, 2.45) is 0 Å². The summed E-state index contributed by atoms with van der Waals surface area (Å²) in [5, 5.41) is 1.34. The van der Waals surface area contributed by atoms with Crippen molar-refractivity contribution in [1.82, 2.24) is 0 Å². The summed E-state index contributed by atoms with van der Waals surface area (Å²) >= 11 is 1.84. The largest absolute Gasteiger partial charge is 0.380 e. The Morgan fingerprint density at radius 2 is 2.15 bits per heavy atom. The van der Waals surface area contributed by atoms with Crippen LogP contribution in [-0.2, 0) is 11.3 Å². The van der Waals surface area contributed by atoms with Gasteiger partial charge in [-0.05, 0) is 30.0 Å². The molecule has 1 aromatic heterocycles. The predicted octanol–water partition coefficient (Wildman–Crippen LogP) is 3.36. The smallest absolute Gasteiger partial charge is 0.0713 e. The van der Waals surface area contributed by atoms with E-state index in [2.05, 4.69) is 31.2 Å². The summed E-state index contributed by atoms with van der Waals surface area (Å²) in [6, 6.07) is 8.71. The van der Waals surface area contributed by atoms with Gasteiger partial charge in [0.2, 0.25) is 0 Å². The standard InChI is InChI=1S/C11H12OS/c1-8-5-10-4-3-9(7-12-2)6-11(10)13-8/h3-6H,7H2,1-2H3. The normalized spacial score (nSPS) is 10.9. The molecule has 0 saturated carbocycles. The number of hydrogen-bond donors (Lipinski definition) is 0. The van der Waals surface area contributed by atoms with Gasteiger partial charge in [-0.2, -0.15) is 0 Å². The van der Waals surface area contributed by atoms with E-state index in [1.54, 1.807) is 7.11 Å². The fourth-order valence-electron chi connectivity index (χ4n) is 1.46. The van der Waals surface area contributed by atoms with Gasteiger partial charge in [-0.15, -0.1) is 11.3 Å². The summed E-state index contributed by atoms with van der Waals surface area (Å²) in [6.45, 7) is 2.84. The molecule has 1 heterocycles. The molecule has 0 N–H and O–H groups in total. The van der Waals surface area contributed by atoms with Gasteiger partial charge >= 0.3 is 0 Å². The molecule has 2 aromatic rings. The zero-order valence-corrected chi connectivity index (χ0v) is 8.65. The molecule has 1 aromatic carbocycles. The molecule has 0 radical (unpaired) electrons. The Bertz CT molecular complexity index is 417. The number of hydrogen-bond acceptors (Lipinski definition) is 2. The molecule has 0 saturated heterocycles. The highest BCUT2D eigenvalue weighted by Gasteiger charge is 1.99. The minimum absolute atomic E-state index is 0.701. The van der Waals surface area contributed by atoms with Gasteiger partial charge in [0.1, 0.15) is 0 Å². The van der Waals surface area contributed by atoms with E-state index in [0.717, 1.165) is 0 Å². The monoisotopic (exact) mass is 192 g/mol. The first kappa shape index (κ1) is 8.73. The highest BCUT2D eigenvalue weighted by molar-refractivity contribution is 7.19. The van der Waals surface area contributed by atoms with Crippen molar-refractivity contribution in [1.29, 1.82) is 0 Å². The first-order chi connectivity index (χ1) is 6.29. The van der Waals surface area contributed by atoms with Crippen LogP contribution < -0.4 is 0 Å². The molecule has 0 aliphatic carbocycles. The van der Waals surface area contributed by atoms with E-state index in [4.69, 9.17) is 4.74 Å². The molecule has 13 heavy (non-hydrogen) atoms. The van der Waals surface area contributed by atoms with E-state index in [9.17, 15) is 0 Å². The van der Waals surface area contributed by atoms with Crippen LogP contribution in [0, 0.1) is 6.92 Å². The summed E-state index contributed by atoms with van der Waals surface area (Å²) in [6.07, 6.45) is 0. The lowest BCUT2D eigenvalue weighted by Gasteiger charge is -1.98. The van der Waals surface area contributed by atoms with Crippen molar-refractivity contribution < 1.29 is 4.74 Å². The number of rotatable bonds is 2. The van der Waals surface area contributed by atoms with E-state index in [-0.39, 0.29) is 0 Å². The first-order valence-corrected chi connectivity index (χ1v) is 5.09. The fraction of sp³-hybridized carbons (Fsp3) is 0.273. The second-order valence-electron chi connectivity index (χ2n) is 3.16. The average Bonchev–Trinajstić information content (AvgIpc) is 2.44. The summed E-state index contributed by atoms with van der Waals surface area (Å²) in [5.74, 6) is 0. The van der Waals surface area contributed by atoms with Crippen LogP contribution >= 0.6 is 11.3 Å². The van der Waals surface area contributed by atoms with E-state index < -0.39 is 0 Å². The minimum atomic E-state index is 0.701. The third-order valence-corrected chi connectivity index (χ3v) is 3.03. The number of aryl methyl sites for hydroxylation is 1. The molecule has 0 amide bonds. The zero-order chi connectivity index (χ0) is 9.26. The fourth-order valence-corrected chi connectivity index (χ4v) is 2.45. The van der Waals surface area contributed by atoms with Crippen LogP contribution in [0.4, 0.5) is 0 Å². The lowest BCUT2D eigenvalue weighted by molar-refractivity contribution is 0.185. The maximum absolute atomic E-state index is 5.09. The van der Waals surface area contributed by atoms with Crippen molar-refractivity contribution in [3.8, 4) is 0 Å². The van der Waals surface area contributed by atoms with Crippen molar-refractivity contribution >= 4 is 21.4 Å². The second kappa shape index (κ2) is 3.48. The Morgan fingerprint density at radius 3 is 2.92 bits per heavy atom. The van der Waals surface area contributed by atoms with Gasteiger partial charge in [-0.3, -0.25) is 0 Å². The van der Waals surface area contributed by atoms with Crippen LogP contribution in [0.3, 0.4) is 0 Å². The van der Waals surface area contributed by atoms with Gasteiger partial charge in [0, 0.05) is 16.7 Å². The average molecular weight is 192 g/mol. The lowest BCUT2D eigenvalue weighted by Crippen LogP contribution is -1.85. The van der Waals surface area contributed by atoms with Crippen LogP contribution in [0.5, 0.6) is 0 Å². The number of ether oxygens (including phenoxy) is 1. The van der Waals surface area contributed by atoms with Gasteiger partial charge in [0.25, 0.3) is 0 Å². The highest BCUT2D eigenvalue weighted by Crippen LogP contribution is 2.25. The molecule has 0 unspecified atom stereocenters. The molecule has 2 heteroatoms. The molecule has 0 aliphatic rings. The van der Waals surface area contributed by atoms with E-state index in [0.29, 0.717) is 6.61 Å². The summed E-state index contributed by atoms with van der Waals surface area (Å²) in [7, 11) is 1.73. The predicted molar refractivity (Wildman–Crippen MR) is 57.3 cm³/mol. The molecular formula is C11H12OS. The van der Waals surface area contributed by atoms with Crippen molar-refractivity contribution in [3.63, 3.8) is 0 Å². The molecule has 0 fully saturated rings. The Balaban J connectivity index is 2.48. The summed E-state index contributed by atoms with van der Waals surface area (Å²) in [4.78, 5) is 1.37. The first-order valence-electron chi connectivity index (χ1n) is 4.27. The molecule has 1 nitrogen and oxygen atoms in total. The van der Waals surface area contributed by atoms with E-state index in [1.165, 1.54) is 20.5 Å². The zero-order valence-electron chi connectivity index (χ0n) is 7.83. The van der Waals surface area contributed by atoms with Gasteiger partial charge in [-0.1, -0.05) is 12.1 Å². The minimum Gasteiger partial charge on any atom is -0.380 e. The second-order valence-corrected chi connectivity index (χ2v) is 4.45. The van der Waals surface area contributed by atoms with E-state index in [1.807, 2.05) is 11.3 Å². The van der Waals surface area contributed by atoms with Crippen LogP contribution in [0.15, 0.2) is 24.3 Å². The Morgan fingerprint density at radius 1 is 1.31 bits per heavy atom. The SMILES string of the molecule is COCc1ccc2cc(C)sc2c1. The molecule has 2 rings (SSSR count). The van der Waals surface area contributed by atoms with Gasteiger partial charge < -0.3 is 4.74 Å². The maximum Gasteiger partial charge on any atom is 0.0713 e. The molecular weight excluding hydrogens is 180 g/mol. The highest BCUT2D eigenvalue weighted by atomic mass is 32.1. The molecule has 0 spiro atoms. The van der Waals surface area contributed by atoms with Crippen molar-refractivity contribution in [2.45, 2.75) is 13.5 Å². The van der Waals surface area contributed by atoms with Gasteiger partial charge in [-0.25, -0.2) is 0 Å².